The van der Waals surface area contributed by atoms with Crippen LogP contribution in [-0.2, 0) is 4.74 Å². The van der Waals surface area contributed by atoms with Crippen LogP contribution in [-0.4, -0.2) is 41.4 Å². The number of nitrogens with zero attached hydrogens (tertiary/aromatic N) is 3. The molecule has 0 saturated carbocycles. The molecule has 1 fully saturated rings. The number of carbonyl (C=O) groups excluding carboxylic acids is 1. The van der Waals surface area contributed by atoms with Gasteiger partial charge in [0.15, 0.2) is 5.82 Å². The van der Waals surface area contributed by atoms with Gasteiger partial charge in [0.1, 0.15) is 17.6 Å². The number of halogens is 1. The summed E-state index contributed by atoms with van der Waals surface area (Å²) in [5.74, 6) is -0.761. The van der Waals surface area contributed by atoms with Crippen LogP contribution in [0.1, 0.15) is 24.2 Å². The molecule has 0 aliphatic carbocycles. The number of ether oxygens (including phenoxy) is 1. The van der Waals surface area contributed by atoms with Gasteiger partial charge in [-0.1, -0.05) is 12.1 Å². The maximum atomic E-state index is 15.0. The van der Waals surface area contributed by atoms with Crippen LogP contribution >= 0.6 is 0 Å². The number of benzene rings is 1. The van der Waals surface area contributed by atoms with Gasteiger partial charge in [-0.05, 0) is 25.0 Å². The minimum absolute atomic E-state index is 0.0522. The topological polar surface area (TPSA) is 104 Å². The molecule has 1 aliphatic rings. The van der Waals surface area contributed by atoms with Crippen molar-refractivity contribution in [2.75, 3.05) is 24.6 Å². The smallest absolute Gasteiger partial charge is 0.343 e. The molecule has 3 heterocycles. The lowest BCUT2D eigenvalue weighted by atomic mass is 10.1. The molecule has 1 aromatic carbocycles. The second-order valence-electron chi connectivity index (χ2n) is 7.19. The standard InChI is InChI=1S/C20H21FN4O4/c1-3-28-20(27)13-9-25(18-4-5-29-23-18)16-7-17(14(21)6-12(16)19(13)26)24-8-11(2)15(22)10-24/h4-7,9,11,15H,3,8,10,22H2,1-2H3. The third-order valence-corrected chi connectivity index (χ3v) is 5.25. The molecule has 4 rings (SSSR count). The van der Waals surface area contributed by atoms with Crippen LogP contribution < -0.4 is 16.1 Å². The van der Waals surface area contributed by atoms with Crippen LogP contribution in [0.25, 0.3) is 16.7 Å². The summed E-state index contributed by atoms with van der Waals surface area (Å²) in [6, 6.07) is 4.26. The minimum atomic E-state index is -0.777. The average molecular weight is 400 g/mol. The van der Waals surface area contributed by atoms with Gasteiger partial charge >= 0.3 is 5.97 Å². The molecule has 29 heavy (non-hydrogen) atoms. The zero-order valence-electron chi connectivity index (χ0n) is 16.1. The van der Waals surface area contributed by atoms with Crippen molar-refractivity contribution in [1.29, 1.82) is 0 Å². The molecule has 0 bridgehead atoms. The highest BCUT2D eigenvalue weighted by Crippen LogP contribution is 2.30. The van der Waals surface area contributed by atoms with Crippen LogP contribution in [0.4, 0.5) is 10.1 Å². The van der Waals surface area contributed by atoms with E-state index >= 15 is 0 Å². The lowest BCUT2D eigenvalue weighted by Gasteiger charge is -2.20. The molecule has 2 aromatic heterocycles. The number of rotatable bonds is 4. The lowest BCUT2D eigenvalue weighted by Crippen LogP contribution is -2.29. The van der Waals surface area contributed by atoms with E-state index in [9.17, 15) is 14.0 Å². The van der Waals surface area contributed by atoms with E-state index in [0.717, 1.165) is 6.07 Å². The quantitative estimate of drug-likeness (QED) is 0.669. The number of anilines is 1. The van der Waals surface area contributed by atoms with Crippen molar-refractivity contribution in [3.63, 3.8) is 0 Å². The van der Waals surface area contributed by atoms with Gasteiger partial charge in [-0.2, -0.15) is 0 Å². The predicted octanol–water partition coefficient (Wildman–Crippen LogP) is 2.08. The first-order chi connectivity index (χ1) is 13.9. The van der Waals surface area contributed by atoms with Gasteiger partial charge in [0, 0.05) is 31.4 Å². The number of aromatic nitrogens is 2. The second-order valence-corrected chi connectivity index (χ2v) is 7.19. The maximum Gasteiger partial charge on any atom is 0.343 e. The summed E-state index contributed by atoms with van der Waals surface area (Å²) in [6.45, 7) is 4.89. The summed E-state index contributed by atoms with van der Waals surface area (Å²) >= 11 is 0. The molecular weight excluding hydrogens is 379 g/mol. The fourth-order valence-electron chi connectivity index (χ4n) is 3.64. The molecule has 0 spiro atoms. The second kappa shape index (κ2) is 7.32. The SMILES string of the molecule is CCOC(=O)c1cn(-c2ccon2)c2cc(N3CC(C)C(N)C3)c(F)cc2c1=O. The lowest BCUT2D eigenvalue weighted by molar-refractivity contribution is 0.0524. The van der Waals surface area contributed by atoms with Gasteiger partial charge in [0.05, 0.1) is 23.2 Å². The zero-order chi connectivity index (χ0) is 20.7. The van der Waals surface area contributed by atoms with E-state index in [1.54, 1.807) is 19.1 Å². The van der Waals surface area contributed by atoms with E-state index in [2.05, 4.69) is 5.16 Å². The largest absolute Gasteiger partial charge is 0.462 e. The van der Waals surface area contributed by atoms with E-state index in [1.807, 2.05) is 11.8 Å². The minimum Gasteiger partial charge on any atom is -0.462 e. The first-order valence-electron chi connectivity index (χ1n) is 9.38. The molecule has 0 amide bonds. The fourth-order valence-corrected chi connectivity index (χ4v) is 3.64. The van der Waals surface area contributed by atoms with Crippen LogP contribution in [0.3, 0.4) is 0 Å². The van der Waals surface area contributed by atoms with E-state index < -0.39 is 17.2 Å². The molecule has 3 aromatic rings. The van der Waals surface area contributed by atoms with E-state index in [0.29, 0.717) is 30.1 Å². The Morgan fingerprint density at radius 3 is 2.83 bits per heavy atom. The molecule has 152 valence electrons. The van der Waals surface area contributed by atoms with Gasteiger partial charge in [-0.3, -0.25) is 9.36 Å². The highest BCUT2D eigenvalue weighted by molar-refractivity contribution is 5.95. The first-order valence-corrected chi connectivity index (χ1v) is 9.38. The van der Waals surface area contributed by atoms with Gasteiger partial charge in [-0.15, -0.1) is 0 Å². The summed E-state index contributed by atoms with van der Waals surface area (Å²) in [7, 11) is 0. The highest BCUT2D eigenvalue weighted by Gasteiger charge is 2.29. The number of fused-ring (bicyclic) bond motifs is 1. The summed E-state index contributed by atoms with van der Waals surface area (Å²) in [5, 5.41) is 3.95. The van der Waals surface area contributed by atoms with Crippen molar-refractivity contribution in [3.05, 3.63) is 52.3 Å². The highest BCUT2D eigenvalue weighted by atomic mass is 19.1. The molecule has 2 N–H and O–H groups in total. The normalized spacial score (nSPS) is 19.1. The summed E-state index contributed by atoms with van der Waals surface area (Å²) < 4.78 is 26.4. The Hall–Kier alpha value is -3.20. The number of hydrogen-bond donors (Lipinski definition) is 1. The third-order valence-electron chi connectivity index (χ3n) is 5.25. The van der Waals surface area contributed by atoms with E-state index in [-0.39, 0.29) is 29.5 Å². The molecule has 9 heteroatoms. The van der Waals surface area contributed by atoms with Crippen molar-refractivity contribution in [3.8, 4) is 5.82 Å². The average Bonchev–Trinajstić information content (AvgIpc) is 3.33. The predicted molar refractivity (Wildman–Crippen MR) is 105 cm³/mol. The zero-order valence-corrected chi connectivity index (χ0v) is 16.1. The van der Waals surface area contributed by atoms with Crippen molar-refractivity contribution in [2.24, 2.45) is 11.7 Å². The van der Waals surface area contributed by atoms with Gasteiger partial charge in [0.2, 0.25) is 5.43 Å². The van der Waals surface area contributed by atoms with E-state index in [4.69, 9.17) is 15.0 Å². The van der Waals surface area contributed by atoms with Gasteiger partial charge in [-0.25, -0.2) is 9.18 Å². The molecule has 2 unspecified atom stereocenters. The van der Waals surface area contributed by atoms with Gasteiger partial charge in [0.25, 0.3) is 0 Å². The number of nitrogens with two attached hydrogens (primary N) is 1. The number of carbonyl (C=O) groups is 1. The Bertz CT molecular complexity index is 1120. The molecular formula is C20H21FN4O4. The molecule has 0 radical (unpaired) electrons. The Labute approximate surface area is 165 Å². The molecule has 1 aliphatic heterocycles. The monoisotopic (exact) mass is 400 g/mol. The van der Waals surface area contributed by atoms with E-state index in [1.165, 1.54) is 17.0 Å². The first kappa shape index (κ1) is 19.1. The van der Waals surface area contributed by atoms with Gasteiger partial charge < -0.3 is 19.9 Å². The Kier molecular flexibility index (Phi) is 4.83. The van der Waals surface area contributed by atoms with Crippen molar-refractivity contribution < 1.29 is 18.4 Å². The van der Waals surface area contributed by atoms with Crippen molar-refractivity contribution >= 4 is 22.6 Å². The molecule has 2 atom stereocenters. The van der Waals surface area contributed by atoms with Crippen molar-refractivity contribution in [2.45, 2.75) is 19.9 Å². The Balaban J connectivity index is 1.96. The summed E-state index contributed by atoms with van der Waals surface area (Å²) in [4.78, 5) is 27.0. The molecule has 1 saturated heterocycles. The van der Waals surface area contributed by atoms with Crippen LogP contribution in [0.15, 0.2) is 40.0 Å². The number of pyridine rings is 1. The Morgan fingerprint density at radius 2 is 2.21 bits per heavy atom. The van der Waals surface area contributed by atoms with Crippen molar-refractivity contribution in [1.82, 2.24) is 9.72 Å². The number of hydrogen-bond acceptors (Lipinski definition) is 7. The van der Waals surface area contributed by atoms with Crippen LogP contribution in [0, 0.1) is 11.7 Å². The van der Waals surface area contributed by atoms with Crippen LogP contribution in [0.2, 0.25) is 0 Å². The summed E-state index contributed by atoms with van der Waals surface area (Å²) in [5.41, 5.74) is 6.03. The maximum absolute atomic E-state index is 15.0. The molecule has 8 nitrogen and oxygen atoms in total. The van der Waals surface area contributed by atoms with Crippen LogP contribution in [0.5, 0.6) is 0 Å². The summed E-state index contributed by atoms with van der Waals surface area (Å²) in [6.07, 6.45) is 2.72. The third kappa shape index (κ3) is 3.27. The Morgan fingerprint density at radius 1 is 1.41 bits per heavy atom. The number of esters is 1. The fraction of sp³-hybridized carbons (Fsp3) is 0.350.